The first-order valence-electron chi connectivity index (χ1n) is 13.6. The number of nitrogens with two attached hydrogens (primary N) is 1. The summed E-state index contributed by atoms with van der Waals surface area (Å²) in [6.07, 6.45) is -2.76. The van der Waals surface area contributed by atoms with Gasteiger partial charge in [0.05, 0.1) is 18.9 Å². The molecule has 1 fully saturated rings. The Bertz CT molecular complexity index is 1450. The molecule has 0 saturated carbocycles. The van der Waals surface area contributed by atoms with Gasteiger partial charge in [-0.05, 0) is 23.6 Å². The van der Waals surface area contributed by atoms with Crippen LogP contribution in [0.5, 0.6) is 0 Å². The summed E-state index contributed by atoms with van der Waals surface area (Å²) in [4.78, 5) is 37.0. The molecule has 1 aliphatic rings. The zero-order valence-corrected chi connectivity index (χ0v) is 23.6. The van der Waals surface area contributed by atoms with Crippen LogP contribution >= 0.6 is 0 Å². The van der Waals surface area contributed by atoms with Gasteiger partial charge in [-0.2, -0.15) is 0 Å². The van der Waals surface area contributed by atoms with Crippen molar-refractivity contribution in [3.05, 3.63) is 48.0 Å². The lowest BCUT2D eigenvalue weighted by atomic mass is 9.99. The number of ether oxygens (including phenoxy) is 1. The van der Waals surface area contributed by atoms with Crippen LogP contribution in [0.1, 0.15) is 37.6 Å². The lowest BCUT2D eigenvalue weighted by Crippen LogP contribution is -2.46. The Balaban J connectivity index is 1.41. The van der Waals surface area contributed by atoms with Gasteiger partial charge in [0.1, 0.15) is 24.6 Å². The first-order valence-corrected chi connectivity index (χ1v) is 13.6. The first-order chi connectivity index (χ1) is 20.2. The fourth-order valence-electron chi connectivity index (χ4n) is 4.48. The summed E-state index contributed by atoms with van der Waals surface area (Å²) in [5, 5.41) is 37.4. The fraction of sp³-hybridized carbons (Fsp3) is 0.464. The maximum atomic E-state index is 12.1. The second-order valence-electron chi connectivity index (χ2n) is 10.2. The zero-order chi connectivity index (χ0) is 30.4. The maximum Gasteiger partial charge on any atom is 0.237 e. The van der Waals surface area contributed by atoms with E-state index in [0.29, 0.717) is 29.9 Å². The van der Waals surface area contributed by atoms with E-state index in [1.54, 1.807) is 0 Å². The van der Waals surface area contributed by atoms with E-state index in [-0.39, 0.29) is 18.4 Å². The standard InChI is InChI=1S/C28H36N8O6/c1-4-16(2)19(29)26(40)30-10-6-9-17-7-5-8-18(11-17)12-31-24-20-25(33-13-32-24)36(14-34-20)28-22(39)21(38)23(42-28)27(41)35(3)15-37/h5,7-8,11,13-16,19,21-23,27-28,38-39,41H,4,10,12,29H2,1-3H3,(H,30,40)(H,31,32,33)/t16-,19-,21-,22+,23-,27?,28+/m0/s1. The molecule has 0 bridgehead atoms. The van der Waals surface area contributed by atoms with E-state index in [1.807, 2.05) is 38.1 Å². The van der Waals surface area contributed by atoms with Crippen molar-refractivity contribution in [2.24, 2.45) is 11.7 Å². The molecule has 0 radical (unpaired) electrons. The number of aromatic nitrogens is 4. The number of aliphatic hydroxyl groups is 3. The molecule has 42 heavy (non-hydrogen) atoms. The van der Waals surface area contributed by atoms with Crippen molar-refractivity contribution < 1.29 is 29.6 Å². The average molecular weight is 581 g/mol. The number of nitrogens with zero attached hydrogens (tertiary/aromatic N) is 5. The van der Waals surface area contributed by atoms with Crippen molar-refractivity contribution in [3.8, 4) is 11.8 Å². The lowest BCUT2D eigenvalue weighted by molar-refractivity contribution is -0.149. The minimum absolute atomic E-state index is 0.0884. The number of hydrogen-bond acceptors (Lipinski definition) is 11. The predicted octanol–water partition coefficient (Wildman–Crippen LogP) is -0.695. The Hall–Kier alpha value is -4.13. The van der Waals surface area contributed by atoms with Gasteiger partial charge in [0.2, 0.25) is 12.3 Å². The van der Waals surface area contributed by atoms with Crippen molar-refractivity contribution >= 4 is 29.3 Å². The number of fused-ring (bicyclic) bond motifs is 1. The van der Waals surface area contributed by atoms with Crippen molar-refractivity contribution in [1.82, 2.24) is 29.7 Å². The second-order valence-corrected chi connectivity index (χ2v) is 10.2. The van der Waals surface area contributed by atoms with Crippen LogP contribution in [0.25, 0.3) is 11.2 Å². The van der Waals surface area contributed by atoms with Gasteiger partial charge in [-0.3, -0.25) is 14.2 Å². The summed E-state index contributed by atoms with van der Waals surface area (Å²) in [5.74, 6) is 6.29. The molecule has 0 aliphatic carbocycles. The summed E-state index contributed by atoms with van der Waals surface area (Å²) < 4.78 is 7.17. The van der Waals surface area contributed by atoms with Gasteiger partial charge >= 0.3 is 0 Å². The monoisotopic (exact) mass is 580 g/mol. The van der Waals surface area contributed by atoms with Gasteiger partial charge in [-0.1, -0.05) is 44.2 Å². The van der Waals surface area contributed by atoms with E-state index in [0.717, 1.165) is 22.4 Å². The largest absolute Gasteiger partial charge is 0.387 e. The van der Waals surface area contributed by atoms with Gasteiger partial charge in [0.25, 0.3) is 0 Å². The highest BCUT2D eigenvalue weighted by Crippen LogP contribution is 2.34. The molecule has 14 heteroatoms. The SMILES string of the molecule is CC[C@H](C)[C@H](N)C(=O)NCC#Cc1cccc(CNc2ncnc3c2ncn3[C@@H]2O[C@H](C(O)N(C)C=O)[C@@H](O)[C@H]2O)c1. The number of likely N-dealkylation sites (N-methyl/N-ethyl adjacent to an activating group) is 1. The Morgan fingerprint density at radius 3 is 2.81 bits per heavy atom. The summed E-state index contributed by atoms with van der Waals surface area (Å²) in [6, 6.07) is 7.02. The van der Waals surface area contributed by atoms with E-state index in [2.05, 4.69) is 37.4 Å². The average Bonchev–Trinajstić information content (AvgIpc) is 3.57. The quantitative estimate of drug-likeness (QED) is 0.0952. The molecule has 224 valence electrons. The third-order valence-corrected chi connectivity index (χ3v) is 7.32. The molecule has 2 amide bonds. The molecule has 2 aromatic heterocycles. The Morgan fingerprint density at radius 1 is 1.29 bits per heavy atom. The molecular formula is C28H36N8O6. The molecule has 14 nitrogen and oxygen atoms in total. The van der Waals surface area contributed by atoms with Crippen LogP contribution in [-0.4, -0.2) is 96.2 Å². The Kier molecular flexibility index (Phi) is 10.0. The van der Waals surface area contributed by atoms with Gasteiger partial charge in [-0.25, -0.2) is 15.0 Å². The number of anilines is 1. The van der Waals surface area contributed by atoms with E-state index < -0.39 is 36.8 Å². The third kappa shape index (κ3) is 6.67. The first kappa shape index (κ1) is 30.8. The molecule has 3 heterocycles. The highest BCUT2D eigenvalue weighted by Gasteiger charge is 2.48. The predicted molar refractivity (Wildman–Crippen MR) is 152 cm³/mol. The molecule has 0 spiro atoms. The number of rotatable bonds is 11. The molecule has 1 aliphatic heterocycles. The topological polar surface area (TPSA) is 201 Å². The number of nitrogens with one attached hydrogen (secondary N) is 2. The van der Waals surface area contributed by atoms with Crippen LogP contribution in [0.2, 0.25) is 0 Å². The van der Waals surface area contributed by atoms with Gasteiger partial charge in [0, 0.05) is 19.2 Å². The van der Waals surface area contributed by atoms with E-state index in [4.69, 9.17) is 10.5 Å². The van der Waals surface area contributed by atoms with Gasteiger partial charge in [-0.15, -0.1) is 0 Å². The Morgan fingerprint density at radius 2 is 2.07 bits per heavy atom. The number of carbonyl (C=O) groups is 2. The van der Waals surface area contributed by atoms with Gasteiger partial charge in [0.15, 0.2) is 29.4 Å². The van der Waals surface area contributed by atoms with Crippen molar-refractivity contribution in [3.63, 3.8) is 0 Å². The minimum Gasteiger partial charge on any atom is -0.387 e. The van der Waals surface area contributed by atoms with Crippen molar-refractivity contribution in [2.75, 3.05) is 18.9 Å². The van der Waals surface area contributed by atoms with Crippen LogP contribution in [0.4, 0.5) is 5.82 Å². The van der Waals surface area contributed by atoms with E-state index in [1.165, 1.54) is 24.3 Å². The lowest BCUT2D eigenvalue weighted by Gasteiger charge is -2.26. The van der Waals surface area contributed by atoms with E-state index >= 15 is 0 Å². The number of imidazole rings is 1. The second kappa shape index (κ2) is 13.7. The highest BCUT2D eigenvalue weighted by molar-refractivity contribution is 5.83. The molecule has 4 rings (SSSR count). The summed E-state index contributed by atoms with van der Waals surface area (Å²) in [6.45, 7) is 4.51. The molecule has 7 atom stereocenters. The highest BCUT2D eigenvalue weighted by atomic mass is 16.6. The number of aliphatic hydroxyl groups excluding tert-OH is 3. The number of benzene rings is 1. The molecule has 1 aromatic carbocycles. The minimum atomic E-state index is -1.47. The third-order valence-electron chi connectivity index (χ3n) is 7.32. The Labute approximate surface area is 242 Å². The smallest absolute Gasteiger partial charge is 0.237 e. The van der Waals surface area contributed by atoms with Crippen LogP contribution in [0.3, 0.4) is 0 Å². The summed E-state index contributed by atoms with van der Waals surface area (Å²) >= 11 is 0. The maximum absolute atomic E-state index is 12.1. The summed E-state index contributed by atoms with van der Waals surface area (Å²) in [5.41, 5.74) is 8.37. The van der Waals surface area contributed by atoms with Crippen LogP contribution in [0.15, 0.2) is 36.9 Å². The number of amides is 2. The molecular weight excluding hydrogens is 544 g/mol. The zero-order valence-electron chi connectivity index (χ0n) is 23.6. The van der Waals surface area contributed by atoms with Gasteiger partial charge < -0.3 is 41.3 Å². The molecule has 7 N–H and O–H groups in total. The van der Waals surface area contributed by atoms with E-state index in [9.17, 15) is 24.9 Å². The molecule has 3 aromatic rings. The van der Waals surface area contributed by atoms with Crippen molar-refractivity contribution in [1.29, 1.82) is 0 Å². The molecule has 1 saturated heterocycles. The van der Waals surface area contributed by atoms with Crippen LogP contribution in [-0.2, 0) is 20.9 Å². The molecule has 1 unspecified atom stereocenters. The number of carbonyl (C=O) groups excluding carboxylic acids is 2. The van der Waals surface area contributed by atoms with Crippen LogP contribution in [0, 0.1) is 17.8 Å². The van der Waals surface area contributed by atoms with Crippen LogP contribution < -0.4 is 16.4 Å². The number of hydrogen-bond donors (Lipinski definition) is 6. The van der Waals surface area contributed by atoms with Crippen molar-refractivity contribution in [2.45, 2.75) is 63.6 Å². The normalized spacial score (nSPS) is 22.1. The fourth-order valence-corrected chi connectivity index (χ4v) is 4.48. The summed E-state index contributed by atoms with van der Waals surface area (Å²) in [7, 11) is 1.33.